The summed E-state index contributed by atoms with van der Waals surface area (Å²) in [5.41, 5.74) is 2.77. The second-order valence-electron chi connectivity index (χ2n) is 6.39. The molecule has 5 nitrogen and oxygen atoms in total. The molecule has 0 aromatic heterocycles. The van der Waals surface area contributed by atoms with Crippen molar-refractivity contribution in [2.24, 2.45) is 0 Å². The van der Waals surface area contributed by atoms with E-state index in [4.69, 9.17) is 16.9 Å². The van der Waals surface area contributed by atoms with Crippen LogP contribution in [0.3, 0.4) is 0 Å². The maximum atomic E-state index is 12.4. The van der Waals surface area contributed by atoms with Gasteiger partial charge in [0.25, 0.3) is 5.91 Å². The maximum Gasteiger partial charge on any atom is 0.251 e. The molecule has 0 unspecified atom stereocenters. The van der Waals surface area contributed by atoms with Crippen LogP contribution in [0.25, 0.3) is 0 Å². The van der Waals surface area contributed by atoms with Gasteiger partial charge in [0, 0.05) is 36.6 Å². The summed E-state index contributed by atoms with van der Waals surface area (Å²) in [7, 11) is 0. The van der Waals surface area contributed by atoms with Gasteiger partial charge in [-0.1, -0.05) is 29.8 Å². The van der Waals surface area contributed by atoms with E-state index in [1.807, 2.05) is 18.2 Å². The third-order valence-electron chi connectivity index (χ3n) is 4.50. The Morgan fingerprint density at radius 2 is 2.11 bits per heavy atom. The van der Waals surface area contributed by atoms with Gasteiger partial charge in [0.1, 0.15) is 0 Å². The fourth-order valence-electron chi connectivity index (χ4n) is 3.04. The first-order chi connectivity index (χ1) is 13.6. The molecule has 144 valence electrons. The minimum atomic E-state index is -0.192. The van der Waals surface area contributed by atoms with E-state index < -0.39 is 0 Å². The highest BCUT2D eigenvalue weighted by molar-refractivity contribution is 7.98. The van der Waals surface area contributed by atoms with Crippen molar-refractivity contribution in [1.82, 2.24) is 5.32 Å². The van der Waals surface area contributed by atoms with E-state index in [2.05, 4.69) is 11.4 Å². The first kappa shape index (κ1) is 20.2. The predicted octanol–water partition coefficient (Wildman–Crippen LogP) is 4.00. The maximum absolute atomic E-state index is 12.4. The average Bonchev–Trinajstić information content (AvgIpc) is 3.14. The summed E-state index contributed by atoms with van der Waals surface area (Å²) in [6.07, 6.45) is 1.32. The lowest BCUT2D eigenvalue weighted by atomic mass is 10.1. The summed E-state index contributed by atoms with van der Waals surface area (Å²) < 4.78 is 0. The van der Waals surface area contributed by atoms with Crippen molar-refractivity contribution >= 4 is 40.9 Å². The summed E-state index contributed by atoms with van der Waals surface area (Å²) in [6.45, 7) is 1.14. The van der Waals surface area contributed by atoms with Gasteiger partial charge < -0.3 is 10.2 Å². The molecule has 0 atom stereocenters. The first-order valence-electron chi connectivity index (χ1n) is 9.04. The highest BCUT2D eigenvalue weighted by Crippen LogP contribution is 2.30. The molecule has 2 aromatic rings. The number of halogens is 1. The van der Waals surface area contributed by atoms with Gasteiger partial charge in [-0.15, -0.1) is 0 Å². The van der Waals surface area contributed by atoms with Crippen LogP contribution < -0.4 is 10.2 Å². The van der Waals surface area contributed by atoms with Gasteiger partial charge in [-0.05, 0) is 36.2 Å². The number of amides is 2. The number of nitrogens with one attached hydrogen (secondary N) is 1. The van der Waals surface area contributed by atoms with E-state index in [-0.39, 0.29) is 11.8 Å². The largest absolute Gasteiger partial charge is 0.351 e. The molecule has 28 heavy (non-hydrogen) atoms. The Hall–Kier alpha value is -2.49. The fraction of sp³-hybridized carbons (Fsp3) is 0.286. The summed E-state index contributed by atoms with van der Waals surface area (Å²) in [4.78, 5) is 26.0. The van der Waals surface area contributed by atoms with E-state index in [0.29, 0.717) is 41.3 Å². The van der Waals surface area contributed by atoms with E-state index in [0.717, 1.165) is 23.5 Å². The molecule has 1 aliphatic rings. The van der Waals surface area contributed by atoms with E-state index in [1.165, 1.54) is 0 Å². The number of thioether (sulfide) groups is 1. The molecule has 0 spiro atoms. The number of carbonyl (C=O) groups excluding carboxylic acids is 2. The van der Waals surface area contributed by atoms with Gasteiger partial charge in [0.15, 0.2) is 0 Å². The van der Waals surface area contributed by atoms with Crippen molar-refractivity contribution in [1.29, 1.82) is 5.26 Å². The van der Waals surface area contributed by atoms with Gasteiger partial charge in [-0.25, -0.2) is 0 Å². The number of nitrogens with zero attached hydrogens (tertiary/aromatic N) is 2. The summed E-state index contributed by atoms with van der Waals surface area (Å²) in [5.74, 6) is 1.30. The Balaban J connectivity index is 1.51. The molecule has 1 N–H and O–H groups in total. The van der Waals surface area contributed by atoms with Crippen LogP contribution in [0.2, 0.25) is 5.02 Å². The molecule has 0 saturated carbocycles. The van der Waals surface area contributed by atoms with Gasteiger partial charge in [-0.3, -0.25) is 9.59 Å². The summed E-state index contributed by atoms with van der Waals surface area (Å²) in [6, 6.07) is 14.7. The van der Waals surface area contributed by atoms with Crippen LogP contribution in [0.5, 0.6) is 0 Å². The van der Waals surface area contributed by atoms with Gasteiger partial charge in [0.2, 0.25) is 5.91 Å². The number of nitriles is 1. The fourth-order valence-corrected chi connectivity index (χ4v) is 4.12. The van der Waals surface area contributed by atoms with Crippen molar-refractivity contribution in [3.05, 3.63) is 64.2 Å². The second-order valence-corrected chi connectivity index (χ2v) is 7.90. The van der Waals surface area contributed by atoms with Crippen molar-refractivity contribution < 1.29 is 9.59 Å². The standard InChI is InChI=1S/C21H20ClN3O2S/c22-18-8-7-15(12-19(18)25-10-3-6-20(25)26)21(27)24-9-11-28-14-17-5-2-1-4-16(17)13-23/h1-2,4-5,7-8,12H,3,6,9-11,14H2,(H,24,27). The highest BCUT2D eigenvalue weighted by Gasteiger charge is 2.24. The normalized spacial score (nSPS) is 13.4. The number of rotatable bonds is 7. The monoisotopic (exact) mass is 413 g/mol. The molecule has 1 aliphatic heterocycles. The first-order valence-corrected chi connectivity index (χ1v) is 10.6. The molecule has 0 radical (unpaired) electrons. The number of hydrogen-bond acceptors (Lipinski definition) is 4. The number of benzene rings is 2. The molecule has 0 aliphatic carbocycles. The molecule has 0 bridgehead atoms. The lowest BCUT2D eigenvalue weighted by Gasteiger charge is -2.18. The van der Waals surface area contributed by atoms with Crippen LogP contribution in [0, 0.1) is 11.3 Å². The van der Waals surface area contributed by atoms with Gasteiger partial charge in [0.05, 0.1) is 22.3 Å². The minimum Gasteiger partial charge on any atom is -0.351 e. The third-order valence-corrected chi connectivity index (χ3v) is 5.83. The Morgan fingerprint density at radius 3 is 2.86 bits per heavy atom. The molecular weight excluding hydrogens is 394 g/mol. The second kappa shape index (κ2) is 9.63. The van der Waals surface area contributed by atoms with Crippen molar-refractivity contribution in [2.75, 3.05) is 23.7 Å². The molecule has 1 saturated heterocycles. The zero-order valence-corrected chi connectivity index (χ0v) is 16.9. The molecule has 1 fully saturated rings. The van der Waals surface area contributed by atoms with Crippen LogP contribution in [0.15, 0.2) is 42.5 Å². The van der Waals surface area contributed by atoms with Crippen LogP contribution >= 0.6 is 23.4 Å². The molecule has 7 heteroatoms. The Kier molecular flexibility index (Phi) is 6.96. The van der Waals surface area contributed by atoms with Gasteiger partial charge >= 0.3 is 0 Å². The van der Waals surface area contributed by atoms with Crippen molar-refractivity contribution in [3.8, 4) is 6.07 Å². The van der Waals surface area contributed by atoms with Crippen LogP contribution in [0.1, 0.15) is 34.3 Å². The van der Waals surface area contributed by atoms with Crippen LogP contribution in [0.4, 0.5) is 5.69 Å². The van der Waals surface area contributed by atoms with E-state index >= 15 is 0 Å². The minimum absolute atomic E-state index is 0.0357. The molecule has 2 amide bonds. The van der Waals surface area contributed by atoms with E-state index in [1.54, 1.807) is 40.9 Å². The van der Waals surface area contributed by atoms with Crippen molar-refractivity contribution in [2.45, 2.75) is 18.6 Å². The highest BCUT2D eigenvalue weighted by atomic mass is 35.5. The van der Waals surface area contributed by atoms with E-state index in [9.17, 15) is 9.59 Å². The quantitative estimate of drug-likeness (QED) is 0.696. The van der Waals surface area contributed by atoms with Gasteiger partial charge in [-0.2, -0.15) is 17.0 Å². The van der Waals surface area contributed by atoms with Crippen molar-refractivity contribution in [3.63, 3.8) is 0 Å². The Morgan fingerprint density at radius 1 is 1.29 bits per heavy atom. The number of carbonyl (C=O) groups is 2. The third kappa shape index (κ3) is 4.86. The average molecular weight is 414 g/mol. The zero-order valence-electron chi connectivity index (χ0n) is 15.3. The molecule has 1 heterocycles. The lowest BCUT2D eigenvalue weighted by molar-refractivity contribution is -0.117. The smallest absolute Gasteiger partial charge is 0.251 e. The SMILES string of the molecule is N#Cc1ccccc1CSCCNC(=O)c1ccc(Cl)c(N2CCCC2=O)c1. The molecule has 2 aromatic carbocycles. The number of anilines is 1. The lowest BCUT2D eigenvalue weighted by Crippen LogP contribution is -2.27. The Bertz CT molecular complexity index is 926. The zero-order chi connectivity index (χ0) is 19.9. The Labute approximate surface area is 173 Å². The topological polar surface area (TPSA) is 73.2 Å². The van der Waals surface area contributed by atoms with Crippen LogP contribution in [-0.2, 0) is 10.5 Å². The summed E-state index contributed by atoms with van der Waals surface area (Å²) >= 11 is 7.88. The molecule has 3 rings (SSSR count). The predicted molar refractivity (Wildman–Crippen MR) is 113 cm³/mol. The molecular formula is C21H20ClN3O2S. The van der Waals surface area contributed by atoms with Crippen LogP contribution in [-0.4, -0.2) is 30.7 Å². The number of hydrogen-bond donors (Lipinski definition) is 1. The summed E-state index contributed by atoms with van der Waals surface area (Å²) in [5, 5.41) is 12.5.